The minimum atomic E-state index is -0.150. The molecule has 1 fully saturated rings. The Kier molecular flexibility index (Phi) is 3.15. The highest BCUT2D eigenvalue weighted by Crippen LogP contribution is 2.47. The third kappa shape index (κ3) is 2.20. The van der Waals surface area contributed by atoms with E-state index in [4.69, 9.17) is 4.52 Å². The van der Waals surface area contributed by atoms with Gasteiger partial charge in [0.2, 0.25) is 0 Å². The molecule has 5 nitrogen and oxygen atoms in total. The van der Waals surface area contributed by atoms with Crippen molar-refractivity contribution in [1.82, 2.24) is 14.7 Å². The van der Waals surface area contributed by atoms with Gasteiger partial charge in [0.05, 0.1) is 5.41 Å². The monoisotopic (exact) mass is 307 g/mol. The second kappa shape index (κ2) is 5.19. The highest BCUT2D eigenvalue weighted by Gasteiger charge is 2.44. The molecular formula is C18H17N3O2. The summed E-state index contributed by atoms with van der Waals surface area (Å²) in [6, 6.07) is 13.7. The maximum atomic E-state index is 11.8. The first-order chi connectivity index (χ1) is 11.2. The average molecular weight is 307 g/mol. The number of aryl methyl sites for hydroxylation is 1. The van der Waals surface area contributed by atoms with Crippen molar-refractivity contribution in [1.29, 1.82) is 0 Å². The topological polar surface area (TPSA) is 60.9 Å². The first-order valence-corrected chi connectivity index (χ1v) is 7.76. The molecule has 0 atom stereocenters. The number of aromatic nitrogens is 3. The third-order valence-corrected chi connectivity index (χ3v) is 4.74. The minimum Gasteiger partial charge on any atom is -0.334 e. The normalized spacial score (nSPS) is 16.0. The van der Waals surface area contributed by atoms with Gasteiger partial charge in [-0.1, -0.05) is 41.9 Å². The molecule has 0 unspecified atom stereocenters. The van der Waals surface area contributed by atoms with Crippen molar-refractivity contribution < 1.29 is 4.52 Å². The number of hydrogen-bond donors (Lipinski definition) is 0. The molecule has 0 N–H and O–H groups in total. The van der Waals surface area contributed by atoms with Crippen LogP contribution in [0.1, 0.15) is 30.7 Å². The van der Waals surface area contributed by atoms with Crippen LogP contribution in [-0.4, -0.2) is 14.7 Å². The van der Waals surface area contributed by atoms with Crippen LogP contribution >= 0.6 is 0 Å². The Hall–Kier alpha value is -2.69. The van der Waals surface area contributed by atoms with Crippen LogP contribution in [0.4, 0.5) is 0 Å². The highest BCUT2D eigenvalue weighted by atomic mass is 16.5. The lowest BCUT2D eigenvalue weighted by molar-refractivity contribution is 0.273. The summed E-state index contributed by atoms with van der Waals surface area (Å²) in [6.45, 7) is 0. The Morgan fingerprint density at radius 2 is 1.96 bits per heavy atom. The van der Waals surface area contributed by atoms with Crippen LogP contribution in [0.2, 0.25) is 0 Å². The highest BCUT2D eigenvalue weighted by molar-refractivity contribution is 5.52. The van der Waals surface area contributed by atoms with Crippen LogP contribution in [0.5, 0.6) is 0 Å². The van der Waals surface area contributed by atoms with Gasteiger partial charge in [-0.15, -0.1) is 0 Å². The summed E-state index contributed by atoms with van der Waals surface area (Å²) < 4.78 is 6.95. The van der Waals surface area contributed by atoms with E-state index < -0.39 is 0 Å². The summed E-state index contributed by atoms with van der Waals surface area (Å²) >= 11 is 0. The van der Waals surface area contributed by atoms with Crippen molar-refractivity contribution in [3.8, 4) is 11.5 Å². The van der Waals surface area contributed by atoms with Gasteiger partial charge in [-0.25, -0.2) is 0 Å². The molecule has 0 spiro atoms. The Morgan fingerprint density at radius 3 is 2.61 bits per heavy atom. The summed E-state index contributed by atoms with van der Waals surface area (Å²) in [5, 5.41) is 4.22. The maximum absolute atomic E-state index is 11.8. The van der Waals surface area contributed by atoms with Crippen LogP contribution < -0.4 is 5.56 Å². The molecule has 0 bridgehead atoms. The summed E-state index contributed by atoms with van der Waals surface area (Å²) in [7, 11) is 1.71. The smallest absolute Gasteiger partial charge is 0.258 e. The molecule has 3 aromatic rings. The summed E-state index contributed by atoms with van der Waals surface area (Å²) in [4.78, 5) is 16.4. The summed E-state index contributed by atoms with van der Waals surface area (Å²) in [6.07, 6.45) is 4.90. The molecule has 1 saturated carbocycles. The molecule has 23 heavy (non-hydrogen) atoms. The van der Waals surface area contributed by atoms with Crippen molar-refractivity contribution in [3.63, 3.8) is 0 Å². The van der Waals surface area contributed by atoms with Crippen LogP contribution in [0.25, 0.3) is 11.5 Å². The van der Waals surface area contributed by atoms with Crippen LogP contribution in [0, 0.1) is 0 Å². The fourth-order valence-electron chi connectivity index (χ4n) is 3.15. The van der Waals surface area contributed by atoms with Crippen molar-refractivity contribution in [2.24, 2.45) is 7.05 Å². The van der Waals surface area contributed by atoms with Crippen molar-refractivity contribution >= 4 is 0 Å². The molecule has 0 saturated heterocycles. The Labute approximate surface area is 133 Å². The van der Waals surface area contributed by atoms with Gasteiger partial charge in [0.25, 0.3) is 11.4 Å². The summed E-state index contributed by atoms with van der Waals surface area (Å²) in [5.74, 6) is 1.12. The first-order valence-electron chi connectivity index (χ1n) is 7.76. The van der Waals surface area contributed by atoms with E-state index in [-0.39, 0.29) is 11.0 Å². The van der Waals surface area contributed by atoms with Gasteiger partial charge < -0.3 is 9.09 Å². The lowest BCUT2D eigenvalue weighted by Gasteiger charge is -2.39. The van der Waals surface area contributed by atoms with E-state index in [0.717, 1.165) is 19.3 Å². The molecule has 1 aromatic carbocycles. The van der Waals surface area contributed by atoms with Crippen LogP contribution in [0.3, 0.4) is 0 Å². The molecule has 4 rings (SSSR count). The predicted molar refractivity (Wildman–Crippen MR) is 86.0 cm³/mol. The van der Waals surface area contributed by atoms with E-state index in [1.165, 1.54) is 16.2 Å². The van der Waals surface area contributed by atoms with Gasteiger partial charge in [0, 0.05) is 24.9 Å². The molecule has 1 aliphatic carbocycles. The number of benzene rings is 1. The van der Waals surface area contributed by atoms with Crippen molar-refractivity contribution in [3.05, 3.63) is 70.4 Å². The van der Waals surface area contributed by atoms with E-state index in [2.05, 4.69) is 22.3 Å². The molecular weight excluding hydrogens is 290 g/mol. The molecule has 0 amide bonds. The Balaban J connectivity index is 1.75. The van der Waals surface area contributed by atoms with E-state index in [1.807, 2.05) is 24.3 Å². The van der Waals surface area contributed by atoms with Gasteiger partial charge in [-0.2, -0.15) is 4.98 Å². The minimum absolute atomic E-state index is 0.0938. The number of hydrogen-bond acceptors (Lipinski definition) is 4. The zero-order valence-electron chi connectivity index (χ0n) is 12.9. The van der Waals surface area contributed by atoms with E-state index in [1.54, 1.807) is 13.2 Å². The largest absolute Gasteiger partial charge is 0.334 e. The second-order valence-electron chi connectivity index (χ2n) is 6.09. The van der Waals surface area contributed by atoms with Gasteiger partial charge >= 0.3 is 0 Å². The first kappa shape index (κ1) is 13.9. The quantitative estimate of drug-likeness (QED) is 0.746. The van der Waals surface area contributed by atoms with E-state index in [0.29, 0.717) is 17.3 Å². The average Bonchev–Trinajstić information content (AvgIpc) is 3.00. The maximum Gasteiger partial charge on any atom is 0.258 e. The lowest BCUT2D eigenvalue weighted by atomic mass is 9.64. The Bertz CT molecular complexity index is 892. The zero-order chi connectivity index (χ0) is 15.9. The molecule has 0 radical (unpaired) electrons. The standard InChI is InChI=1S/C18H17N3O2/c1-21-11-8-13(12-15(21)22)16-19-17(20-23-16)18(9-5-10-18)14-6-3-2-4-7-14/h2-4,6-8,11-12H,5,9-10H2,1H3. The van der Waals surface area contributed by atoms with Gasteiger partial charge in [-0.3, -0.25) is 4.79 Å². The van der Waals surface area contributed by atoms with Gasteiger partial charge in [0.1, 0.15) is 0 Å². The molecule has 1 aliphatic rings. The fraction of sp³-hybridized carbons (Fsp3) is 0.278. The second-order valence-corrected chi connectivity index (χ2v) is 6.09. The van der Waals surface area contributed by atoms with Crippen molar-refractivity contribution in [2.45, 2.75) is 24.7 Å². The SMILES string of the molecule is Cn1ccc(-c2nc(C3(c4ccccc4)CCC3)no2)cc1=O. The zero-order valence-corrected chi connectivity index (χ0v) is 12.9. The van der Waals surface area contributed by atoms with E-state index in [9.17, 15) is 4.79 Å². The fourth-order valence-corrected chi connectivity index (χ4v) is 3.15. The van der Waals surface area contributed by atoms with Crippen LogP contribution in [-0.2, 0) is 12.5 Å². The number of nitrogens with zero attached hydrogens (tertiary/aromatic N) is 3. The lowest BCUT2D eigenvalue weighted by Crippen LogP contribution is -2.36. The molecule has 116 valence electrons. The molecule has 2 aromatic heterocycles. The molecule has 5 heteroatoms. The van der Waals surface area contributed by atoms with E-state index >= 15 is 0 Å². The van der Waals surface area contributed by atoms with Gasteiger partial charge in [0.15, 0.2) is 5.82 Å². The van der Waals surface area contributed by atoms with Crippen LogP contribution in [0.15, 0.2) is 58.0 Å². The summed E-state index contributed by atoms with van der Waals surface area (Å²) in [5.41, 5.74) is 1.64. The molecule has 2 heterocycles. The van der Waals surface area contributed by atoms with Gasteiger partial charge in [-0.05, 0) is 24.5 Å². The number of rotatable bonds is 3. The van der Waals surface area contributed by atoms with Crippen molar-refractivity contribution in [2.75, 3.05) is 0 Å². The molecule has 0 aliphatic heterocycles. The third-order valence-electron chi connectivity index (χ3n) is 4.74. The number of pyridine rings is 1. The predicted octanol–water partition coefficient (Wildman–Crippen LogP) is 2.91. The Morgan fingerprint density at radius 1 is 1.17 bits per heavy atom.